The minimum Gasteiger partial charge on any atom is -0.406 e. The van der Waals surface area contributed by atoms with Crippen molar-refractivity contribution in [2.24, 2.45) is 0 Å². The molecule has 3 aromatic carbocycles. The van der Waals surface area contributed by atoms with Crippen LogP contribution in [0.25, 0.3) is 17.1 Å². The van der Waals surface area contributed by atoms with E-state index in [1.807, 2.05) is 54.6 Å². The Hall–Kier alpha value is -3.96. The molecule has 0 aliphatic heterocycles. The van der Waals surface area contributed by atoms with E-state index in [9.17, 15) is 18.3 Å². The molecule has 4 rings (SSSR count). The summed E-state index contributed by atoms with van der Waals surface area (Å²) in [7, 11) is 0. The molecular formula is C24H20F3N5O2S. The highest BCUT2D eigenvalue weighted by atomic mass is 32.1. The Bertz CT molecular complexity index is 1260. The van der Waals surface area contributed by atoms with Crippen LogP contribution in [0.4, 0.5) is 18.9 Å². The van der Waals surface area contributed by atoms with Crippen molar-refractivity contribution in [1.29, 1.82) is 0 Å². The van der Waals surface area contributed by atoms with Gasteiger partial charge in [-0.25, -0.2) is 9.67 Å². The van der Waals surface area contributed by atoms with Crippen molar-refractivity contribution in [3.8, 4) is 22.8 Å². The molecule has 0 spiro atoms. The van der Waals surface area contributed by atoms with E-state index in [2.05, 4.69) is 25.5 Å². The summed E-state index contributed by atoms with van der Waals surface area (Å²) in [6, 6.07) is 21.7. The average molecular weight is 500 g/mol. The molecule has 1 heterocycles. The van der Waals surface area contributed by atoms with Crippen molar-refractivity contribution in [3.05, 3.63) is 90.8 Å². The van der Waals surface area contributed by atoms with Crippen molar-refractivity contribution in [3.63, 3.8) is 0 Å². The first kappa shape index (κ1) is 24.2. The van der Waals surface area contributed by atoms with Crippen LogP contribution in [0.5, 0.6) is 5.75 Å². The number of nitrogens with one attached hydrogen (secondary N) is 2. The molecule has 11 heteroatoms. The summed E-state index contributed by atoms with van der Waals surface area (Å²) in [4.78, 5) is 4.27. The van der Waals surface area contributed by atoms with E-state index in [1.54, 1.807) is 0 Å². The summed E-state index contributed by atoms with van der Waals surface area (Å²) in [6.45, 7) is -0.114. The average Bonchev–Trinajstić information content (AvgIpc) is 3.33. The van der Waals surface area contributed by atoms with Crippen LogP contribution in [0.1, 0.15) is 11.6 Å². The number of hydrogen-bond donors (Lipinski definition) is 3. The van der Waals surface area contributed by atoms with E-state index in [-0.39, 0.29) is 18.4 Å². The van der Waals surface area contributed by atoms with Crippen LogP contribution >= 0.6 is 12.2 Å². The molecule has 0 saturated carbocycles. The van der Waals surface area contributed by atoms with E-state index in [0.29, 0.717) is 16.6 Å². The number of thiocarbonyl (C=S) groups is 1. The number of aliphatic hydroxyl groups is 1. The fourth-order valence-electron chi connectivity index (χ4n) is 3.27. The monoisotopic (exact) mass is 499 g/mol. The number of alkyl halides is 3. The number of benzene rings is 3. The highest BCUT2D eigenvalue weighted by molar-refractivity contribution is 7.80. The fourth-order valence-corrected chi connectivity index (χ4v) is 3.53. The summed E-state index contributed by atoms with van der Waals surface area (Å²) >= 11 is 5.37. The minimum atomic E-state index is -4.74. The van der Waals surface area contributed by atoms with Crippen LogP contribution in [0, 0.1) is 0 Å². The van der Waals surface area contributed by atoms with Crippen molar-refractivity contribution in [2.75, 3.05) is 11.9 Å². The molecule has 180 valence electrons. The summed E-state index contributed by atoms with van der Waals surface area (Å²) in [5, 5.41) is 20.6. The number of aromatic nitrogens is 3. The maximum Gasteiger partial charge on any atom is 0.573 e. The minimum absolute atomic E-state index is 0.114. The Morgan fingerprint density at radius 2 is 1.69 bits per heavy atom. The lowest BCUT2D eigenvalue weighted by Gasteiger charge is -2.19. The zero-order valence-corrected chi connectivity index (χ0v) is 18.9. The summed E-state index contributed by atoms with van der Waals surface area (Å²) in [5.74, 6) is 0.128. The van der Waals surface area contributed by atoms with Gasteiger partial charge in [-0.3, -0.25) is 0 Å². The Morgan fingerprint density at radius 1 is 1.00 bits per heavy atom. The molecule has 4 aromatic rings. The van der Waals surface area contributed by atoms with Crippen molar-refractivity contribution < 1.29 is 23.0 Å². The summed E-state index contributed by atoms with van der Waals surface area (Å²) in [5.41, 5.74) is 2.92. The summed E-state index contributed by atoms with van der Waals surface area (Å²) in [6.07, 6.45) is -3.27. The molecule has 7 nitrogen and oxygen atoms in total. The van der Waals surface area contributed by atoms with Gasteiger partial charge in [0, 0.05) is 11.3 Å². The van der Waals surface area contributed by atoms with Gasteiger partial charge in [0.1, 0.15) is 12.1 Å². The first-order valence-electron chi connectivity index (χ1n) is 10.4. The van der Waals surface area contributed by atoms with Crippen LogP contribution in [-0.4, -0.2) is 38.0 Å². The number of rotatable bonds is 7. The van der Waals surface area contributed by atoms with Crippen LogP contribution in [-0.2, 0) is 0 Å². The van der Waals surface area contributed by atoms with E-state index in [4.69, 9.17) is 12.2 Å². The van der Waals surface area contributed by atoms with E-state index in [1.165, 1.54) is 35.3 Å². The van der Waals surface area contributed by atoms with Crippen LogP contribution < -0.4 is 15.4 Å². The van der Waals surface area contributed by atoms with Gasteiger partial charge in [-0.05, 0) is 66.3 Å². The second-order valence-corrected chi connectivity index (χ2v) is 7.78. The molecule has 3 N–H and O–H groups in total. The second kappa shape index (κ2) is 10.5. The number of hydrogen-bond acceptors (Lipinski definition) is 5. The Balaban J connectivity index is 1.38. The Morgan fingerprint density at radius 3 is 2.31 bits per heavy atom. The van der Waals surface area contributed by atoms with Crippen LogP contribution in [0.15, 0.2) is 85.2 Å². The van der Waals surface area contributed by atoms with Crippen LogP contribution in [0.3, 0.4) is 0 Å². The van der Waals surface area contributed by atoms with Crippen molar-refractivity contribution >= 4 is 23.0 Å². The third-order valence-electron chi connectivity index (χ3n) is 4.92. The van der Waals surface area contributed by atoms with Gasteiger partial charge in [-0.15, -0.1) is 18.3 Å². The quantitative estimate of drug-likeness (QED) is 0.314. The van der Waals surface area contributed by atoms with Gasteiger partial charge < -0.3 is 20.5 Å². The molecule has 1 atom stereocenters. The number of halogens is 3. The van der Waals surface area contributed by atoms with Gasteiger partial charge in [0.05, 0.1) is 18.3 Å². The normalized spacial score (nSPS) is 12.1. The first-order chi connectivity index (χ1) is 16.8. The van der Waals surface area contributed by atoms with E-state index >= 15 is 0 Å². The predicted octanol–water partition coefficient (Wildman–Crippen LogP) is 4.85. The van der Waals surface area contributed by atoms with E-state index < -0.39 is 6.36 Å². The lowest BCUT2D eigenvalue weighted by Crippen LogP contribution is -2.34. The molecule has 0 saturated heterocycles. The number of ether oxygens (including phenoxy) is 1. The van der Waals surface area contributed by atoms with Gasteiger partial charge in [-0.2, -0.15) is 0 Å². The molecule has 0 fully saturated rings. The molecule has 0 bridgehead atoms. The van der Waals surface area contributed by atoms with Crippen molar-refractivity contribution in [2.45, 2.75) is 12.4 Å². The van der Waals surface area contributed by atoms with Gasteiger partial charge in [-0.1, -0.05) is 30.3 Å². The Kier molecular flexibility index (Phi) is 7.28. The molecule has 0 amide bonds. The first-order valence-corrected chi connectivity index (χ1v) is 10.8. The maximum absolute atomic E-state index is 12.3. The fraction of sp³-hybridized carbons (Fsp3) is 0.125. The van der Waals surface area contributed by atoms with Gasteiger partial charge in [0.15, 0.2) is 10.9 Å². The molecule has 0 aliphatic rings. The molecule has 35 heavy (non-hydrogen) atoms. The van der Waals surface area contributed by atoms with Crippen LogP contribution in [0.2, 0.25) is 0 Å². The van der Waals surface area contributed by atoms with Gasteiger partial charge in [0.2, 0.25) is 0 Å². The zero-order valence-electron chi connectivity index (χ0n) is 18.1. The largest absolute Gasteiger partial charge is 0.573 e. The third kappa shape index (κ3) is 6.55. The molecular weight excluding hydrogens is 479 g/mol. The standard InChI is InChI=1S/C24H20F3N5O2S/c25-24(26,27)34-20-12-10-19(11-13-20)32-15-28-22(31-32)17-6-8-18(9-7-17)29-23(35)30-21(14-33)16-4-2-1-3-5-16/h1-13,15,21,33H,14H2,(H2,29,30,35)/t21-/m0/s1. The highest BCUT2D eigenvalue weighted by Crippen LogP contribution is 2.24. The molecule has 1 aromatic heterocycles. The predicted molar refractivity (Wildman–Crippen MR) is 129 cm³/mol. The SMILES string of the molecule is OC[C@H](NC(=S)Nc1ccc(-c2ncn(-c3ccc(OC(F)(F)F)cc3)n2)cc1)c1ccccc1. The lowest BCUT2D eigenvalue weighted by molar-refractivity contribution is -0.274. The zero-order chi connectivity index (χ0) is 24.8. The molecule has 0 unspecified atom stereocenters. The second-order valence-electron chi connectivity index (χ2n) is 7.38. The lowest BCUT2D eigenvalue weighted by atomic mass is 10.1. The van der Waals surface area contributed by atoms with Gasteiger partial charge in [0.25, 0.3) is 0 Å². The molecule has 0 radical (unpaired) electrons. The van der Waals surface area contributed by atoms with E-state index in [0.717, 1.165) is 16.8 Å². The highest BCUT2D eigenvalue weighted by Gasteiger charge is 2.31. The summed E-state index contributed by atoms with van der Waals surface area (Å²) < 4.78 is 42.3. The molecule has 0 aliphatic carbocycles. The topological polar surface area (TPSA) is 84.2 Å². The Labute approximate surface area is 204 Å². The van der Waals surface area contributed by atoms with Crippen molar-refractivity contribution in [1.82, 2.24) is 20.1 Å². The number of nitrogens with zero attached hydrogens (tertiary/aromatic N) is 3. The number of aliphatic hydroxyl groups excluding tert-OH is 1. The number of anilines is 1. The smallest absolute Gasteiger partial charge is 0.406 e. The van der Waals surface area contributed by atoms with Gasteiger partial charge >= 0.3 is 6.36 Å². The third-order valence-corrected chi connectivity index (χ3v) is 5.14. The maximum atomic E-state index is 12.3.